The van der Waals surface area contributed by atoms with Crippen LogP contribution in [0.4, 0.5) is 4.39 Å². The zero-order chi connectivity index (χ0) is 12.8. The molecule has 1 atom stereocenters. The van der Waals surface area contributed by atoms with Crippen molar-refractivity contribution in [3.05, 3.63) is 29.6 Å². The summed E-state index contributed by atoms with van der Waals surface area (Å²) in [6.45, 7) is -0.116. The van der Waals surface area contributed by atoms with E-state index in [4.69, 9.17) is 9.84 Å². The molecule has 0 aromatic heterocycles. The predicted molar refractivity (Wildman–Crippen MR) is 56.7 cm³/mol. The molecule has 1 aromatic carbocycles. The van der Waals surface area contributed by atoms with E-state index in [9.17, 15) is 14.3 Å². The first-order valence-electron chi connectivity index (χ1n) is 4.88. The maximum Gasteiger partial charge on any atom is 0.342 e. The maximum absolute atomic E-state index is 13.2. The summed E-state index contributed by atoms with van der Waals surface area (Å²) in [4.78, 5) is 10.8. The van der Waals surface area contributed by atoms with Crippen LogP contribution in [0.15, 0.2) is 18.2 Å². The standard InChI is InChI=1S/C11H13FO5/c1-16-5-7(13)6-17-9-4-2-3-8(12)10(9)11(14)15/h2-4,7,13H,5-6H2,1H3,(H,14,15). The molecule has 0 saturated heterocycles. The highest BCUT2D eigenvalue weighted by Gasteiger charge is 2.17. The van der Waals surface area contributed by atoms with Gasteiger partial charge in [0.05, 0.1) is 6.61 Å². The van der Waals surface area contributed by atoms with Crippen LogP contribution in [-0.2, 0) is 4.74 Å². The molecule has 0 saturated carbocycles. The number of methoxy groups -OCH3 is 1. The molecule has 0 aliphatic rings. The highest BCUT2D eigenvalue weighted by Crippen LogP contribution is 2.21. The van der Waals surface area contributed by atoms with Gasteiger partial charge in [0, 0.05) is 7.11 Å². The highest BCUT2D eigenvalue weighted by atomic mass is 19.1. The van der Waals surface area contributed by atoms with Crippen LogP contribution >= 0.6 is 0 Å². The number of ether oxygens (including phenoxy) is 2. The number of hydrogen-bond acceptors (Lipinski definition) is 4. The van der Waals surface area contributed by atoms with E-state index in [-0.39, 0.29) is 19.0 Å². The monoisotopic (exact) mass is 244 g/mol. The summed E-state index contributed by atoms with van der Waals surface area (Å²) in [7, 11) is 1.41. The van der Waals surface area contributed by atoms with Crippen LogP contribution in [0, 0.1) is 5.82 Å². The fourth-order valence-electron chi connectivity index (χ4n) is 1.26. The van der Waals surface area contributed by atoms with Gasteiger partial charge in [-0.2, -0.15) is 0 Å². The SMILES string of the molecule is COCC(O)COc1cccc(F)c1C(=O)O. The number of aliphatic hydroxyl groups is 1. The average molecular weight is 244 g/mol. The first kappa shape index (κ1) is 13.4. The molecule has 0 aliphatic heterocycles. The Kier molecular flexibility index (Phi) is 4.86. The van der Waals surface area contributed by atoms with E-state index in [1.54, 1.807) is 0 Å². The van der Waals surface area contributed by atoms with E-state index in [1.165, 1.54) is 19.2 Å². The molecule has 1 rings (SSSR count). The van der Waals surface area contributed by atoms with Crippen LogP contribution < -0.4 is 4.74 Å². The lowest BCUT2D eigenvalue weighted by atomic mass is 10.2. The normalized spacial score (nSPS) is 12.2. The number of benzene rings is 1. The fourth-order valence-corrected chi connectivity index (χ4v) is 1.26. The number of halogens is 1. The number of aliphatic hydroxyl groups excluding tert-OH is 1. The molecule has 1 unspecified atom stereocenters. The van der Waals surface area contributed by atoms with Gasteiger partial charge >= 0.3 is 5.97 Å². The second-order valence-electron chi connectivity index (χ2n) is 3.34. The molecule has 5 nitrogen and oxygen atoms in total. The van der Waals surface area contributed by atoms with Crippen molar-refractivity contribution in [2.45, 2.75) is 6.10 Å². The molecule has 17 heavy (non-hydrogen) atoms. The van der Waals surface area contributed by atoms with Gasteiger partial charge in [0.1, 0.15) is 29.8 Å². The van der Waals surface area contributed by atoms with Crippen molar-refractivity contribution in [1.29, 1.82) is 0 Å². The summed E-state index contributed by atoms with van der Waals surface area (Å²) >= 11 is 0. The number of hydrogen-bond donors (Lipinski definition) is 2. The van der Waals surface area contributed by atoms with Crippen LogP contribution in [-0.4, -0.2) is 42.6 Å². The highest BCUT2D eigenvalue weighted by molar-refractivity contribution is 5.91. The Balaban J connectivity index is 2.77. The van der Waals surface area contributed by atoms with Crippen LogP contribution in [0.1, 0.15) is 10.4 Å². The smallest absolute Gasteiger partial charge is 0.342 e. The van der Waals surface area contributed by atoms with Crippen LogP contribution in [0.2, 0.25) is 0 Å². The van der Waals surface area contributed by atoms with Crippen molar-refractivity contribution in [3.63, 3.8) is 0 Å². The summed E-state index contributed by atoms with van der Waals surface area (Å²) in [5.41, 5.74) is -0.544. The van der Waals surface area contributed by atoms with Gasteiger partial charge < -0.3 is 19.7 Å². The van der Waals surface area contributed by atoms with Crippen molar-refractivity contribution in [1.82, 2.24) is 0 Å². The molecule has 94 valence electrons. The van der Waals surface area contributed by atoms with E-state index in [2.05, 4.69) is 4.74 Å². The minimum Gasteiger partial charge on any atom is -0.490 e. The van der Waals surface area contributed by atoms with Crippen molar-refractivity contribution < 1.29 is 28.9 Å². The summed E-state index contributed by atoms with van der Waals surface area (Å²) in [5, 5.41) is 18.1. The lowest BCUT2D eigenvalue weighted by molar-refractivity contribution is 0.0317. The molecule has 2 N–H and O–H groups in total. The van der Waals surface area contributed by atoms with Crippen LogP contribution in [0.25, 0.3) is 0 Å². The van der Waals surface area contributed by atoms with Gasteiger partial charge in [0.25, 0.3) is 0 Å². The van der Waals surface area contributed by atoms with Gasteiger partial charge in [0.2, 0.25) is 0 Å². The molecule has 0 radical (unpaired) electrons. The second-order valence-corrected chi connectivity index (χ2v) is 3.34. The van der Waals surface area contributed by atoms with Crippen LogP contribution in [0.3, 0.4) is 0 Å². The molecule has 0 fully saturated rings. The summed E-state index contributed by atoms with van der Waals surface area (Å²) in [5.74, 6) is -2.41. The maximum atomic E-state index is 13.2. The molecular weight excluding hydrogens is 231 g/mol. The number of carbonyl (C=O) groups is 1. The minimum absolute atomic E-state index is 0.0533. The average Bonchev–Trinajstić information content (AvgIpc) is 2.26. The molecular formula is C11H13FO5. The van der Waals surface area contributed by atoms with Crippen molar-refractivity contribution in [2.75, 3.05) is 20.3 Å². The van der Waals surface area contributed by atoms with E-state index in [0.717, 1.165) is 6.07 Å². The molecule has 0 heterocycles. The van der Waals surface area contributed by atoms with Crippen molar-refractivity contribution >= 4 is 5.97 Å². The molecule has 0 amide bonds. The van der Waals surface area contributed by atoms with E-state index in [0.29, 0.717) is 0 Å². The molecule has 1 aromatic rings. The predicted octanol–water partition coefficient (Wildman–Crippen LogP) is 0.910. The third kappa shape index (κ3) is 3.69. The zero-order valence-corrected chi connectivity index (χ0v) is 9.22. The Morgan fingerprint density at radius 3 is 2.76 bits per heavy atom. The molecule has 0 spiro atoms. The summed E-state index contributed by atoms with van der Waals surface area (Å²) in [6.07, 6.45) is -0.898. The third-order valence-corrected chi connectivity index (χ3v) is 1.98. The van der Waals surface area contributed by atoms with Crippen LogP contribution in [0.5, 0.6) is 5.75 Å². The van der Waals surface area contributed by atoms with Gasteiger partial charge in [-0.05, 0) is 12.1 Å². The van der Waals surface area contributed by atoms with E-state index < -0.39 is 23.5 Å². The van der Waals surface area contributed by atoms with Crippen molar-refractivity contribution in [2.24, 2.45) is 0 Å². The third-order valence-electron chi connectivity index (χ3n) is 1.98. The van der Waals surface area contributed by atoms with E-state index >= 15 is 0 Å². The summed E-state index contributed by atoms with van der Waals surface area (Å²) in [6, 6.07) is 3.69. The van der Waals surface area contributed by atoms with Gasteiger partial charge in [-0.15, -0.1) is 0 Å². The molecule has 6 heteroatoms. The topological polar surface area (TPSA) is 76.0 Å². The summed E-state index contributed by atoms with van der Waals surface area (Å²) < 4.78 is 22.9. The van der Waals surface area contributed by atoms with Crippen molar-refractivity contribution in [3.8, 4) is 5.75 Å². The Morgan fingerprint density at radius 1 is 1.47 bits per heavy atom. The second kappa shape index (κ2) is 6.17. The first-order valence-corrected chi connectivity index (χ1v) is 4.88. The van der Waals surface area contributed by atoms with Gasteiger partial charge in [-0.3, -0.25) is 0 Å². The Morgan fingerprint density at radius 2 is 2.18 bits per heavy atom. The van der Waals surface area contributed by atoms with E-state index in [1.807, 2.05) is 0 Å². The number of carboxylic acid groups (broad SMARTS) is 1. The first-order chi connectivity index (χ1) is 8.06. The molecule has 0 aliphatic carbocycles. The lowest BCUT2D eigenvalue weighted by Crippen LogP contribution is -2.23. The Labute approximate surface area is 97.4 Å². The number of carboxylic acids is 1. The van der Waals surface area contributed by atoms with Gasteiger partial charge in [0.15, 0.2) is 0 Å². The number of rotatable bonds is 6. The Hall–Kier alpha value is -1.66. The van der Waals surface area contributed by atoms with Gasteiger partial charge in [-0.1, -0.05) is 6.07 Å². The Bertz CT molecular complexity index is 393. The largest absolute Gasteiger partial charge is 0.490 e. The number of aromatic carboxylic acids is 1. The quantitative estimate of drug-likeness (QED) is 0.777. The van der Waals surface area contributed by atoms with Gasteiger partial charge in [-0.25, -0.2) is 9.18 Å². The minimum atomic E-state index is -1.42. The lowest BCUT2D eigenvalue weighted by Gasteiger charge is -2.13. The molecule has 0 bridgehead atoms. The fraction of sp³-hybridized carbons (Fsp3) is 0.364. The zero-order valence-electron chi connectivity index (χ0n) is 9.22.